The van der Waals surface area contributed by atoms with Crippen molar-refractivity contribution in [1.82, 2.24) is 14.5 Å². The lowest BCUT2D eigenvalue weighted by molar-refractivity contribution is 0.0911. The average Bonchev–Trinajstić information content (AvgIpc) is 2.84. The van der Waals surface area contributed by atoms with Crippen molar-refractivity contribution in [3.05, 3.63) is 59.7 Å². The smallest absolute Gasteiger partial charge is 0.266 e. The number of pyridine rings is 1. The summed E-state index contributed by atoms with van der Waals surface area (Å²) in [5, 5.41) is 0. The highest BCUT2D eigenvalue weighted by molar-refractivity contribution is 6.21. The molecule has 1 aliphatic rings. The zero-order valence-corrected chi connectivity index (χ0v) is 9.70. The Morgan fingerprint density at radius 2 is 1.84 bits per heavy atom. The topological polar surface area (TPSA) is 64.8 Å². The monoisotopic (exact) mass is 249 g/mol. The summed E-state index contributed by atoms with van der Waals surface area (Å²) in [6.07, 6.45) is 2.93. The molecule has 5 heteroatoms. The van der Waals surface area contributed by atoms with Gasteiger partial charge in [-0.25, -0.2) is 4.98 Å². The molecule has 0 spiro atoms. The Morgan fingerprint density at radius 3 is 2.74 bits per heavy atom. The van der Waals surface area contributed by atoms with Gasteiger partial charge in [0.1, 0.15) is 0 Å². The van der Waals surface area contributed by atoms with Crippen molar-refractivity contribution in [3.63, 3.8) is 0 Å². The third-order valence-electron chi connectivity index (χ3n) is 3.26. The normalized spacial score (nSPS) is 13.5. The number of ketones is 1. The van der Waals surface area contributed by atoms with E-state index in [1.54, 1.807) is 18.2 Å². The quantitative estimate of drug-likeness (QED) is 0.475. The van der Waals surface area contributed by atoms with E-state index in [-0.39, 0.29) is 17.5 Å². The third-order valence-corrected chi connectivity index (χ3v) is 3.26. The van der Waals surface area contributed by atoms with Crippen LogP contribution in [0.5, 0.6) is 0 Å². The predicted octanol–water partition coefficient (Wildman–Crippen LogP) is 1.66. The molecule has 19 heavy (non-hydrogen) atoms. The van der Waals surface area contributed by atoms with Crippen LogP contribution in [0.4, 0.5) is 0 Å². The highest BCUT2D eigenvalue weighted by atomic mass is 16.2. The number of benzene rings is 1. The minimum absolute atomic E-state index is 0.171. The fourth-order valence-electron chi connectivity index (χ4n) is 2.39. The zero-order chi connectivity index (χ0) is 13.0. The van der Waals surface area contributed by atoms with E-state index in [1.165, 1.54) is 17.0 Å². The molecule has 0 aliphatic carbocycles. The molecule has 0 radical (unpaired) electrons. The Morgan fingerprint density at radius 1 is 1.00 bits per heavy atom. The van der Waals surface area contributed by atoms with Gasteiger partial charge in [-0.3, -0.25) is 19.1 Å². The maximum atomic E-state index is 12.5. The summed E-state index contributed by atoms with van der Waals surface area (Å²) >= 11 is 0. The molecule has 0 unspecified atom stereocenters. The number of aromatic nitrogens is 3. The van der Waals surface area contributed by atoms with Crippen LogP contribution < -0.4 is 0 Å². The van der Waals surface area contributed by atoms with Crippen LogP contribution in [0.3, 0.4) is 0 Å². The second-order valence-electron chi connectivity index (χ2n) is 4.32. The Labute approximate surface area is 107 Å². The molecule has 3 aromatic rings. The lowest BCUT2D eigenvalue weighted by atomic mass is 10.0. The molecule has 0 atom stereocenters. The van der Waals surface area contributed by atoms with Gasteiger partial charge in [-0.05, 0) is 18.2 Å². The largest absolute Gasteiger partial charge is 0.285 e. The molecule has 1 aliphatic heterocycles. The molecule has 4 rings (SSSR count). The number of nitrogens with zero attached hydrogens (tertiary/aromatic N) is 3. The molecule has 0 fully saturated rings. The number of hydrogen-bond donors (Lipinski definition) is 0. The van der Waals surface area contributed by atoms with Crippen LogP contribution in [0.15, 0.2) is 42.7 Å². The molecule has 0 bridgehead atoms. The summed E-state index contributed by atoms with van der Waals surface area (Å²) < 4.78 is 1.36. The average molecular weight is 249 g/mol. The Hall–Kier alpha value is -2.82. The van der Waals surface area contributed by atoms with Gasteiger partial charge in [-0.15, -0.1) is 0 Å². The standard InChI is InChI=1S/C14H7N3O2/c18-12-8-5-6-15-7-9(8)14(19)17-11-4-2-1-3-10(11)16-13(12)17/h1-7H. The van der Waals surface area contributed by atoms with Crippen molar-refractivity contribution in [1.29, 1.82) is 0 Å². The van der Waals surface area contributed by atoms with E-state index in [4.69, 9.17) is 0 Å². The van der Waals surface area contributed by atoms with Gasteiger partial charge >= 0.3 is 0 Å². The molecule has 0 N–H and O–H groups in total. The second-order valence-corrected chi connectivity index (χ2v) is 4.32. The summed E-state index contributed by atoms with van der Waals surface area (Å²) in [4.78, 5) is 33.0. The van der Waals surface area contributed by atoms with E-state index in [1.807, 2.05) is 12.1 Å². The molecule has 5 nitrogen and oxygen atoms in total. The lowest BCUT2D eigenvalue weighted by Crippen LogP contribution is -2.27. The van der Waals surface area contributed by atoms with Gasteiger partial charge < -0.3 is 0 Å². The van der Waals surface area contributed by atoms with E-state index in [9.17, 15) is 9.59 Å². The minimum atomic E-state index is -0.258. The highest BCUT2D eigenvalue weighted by Gasteiger charge is 2.32. The SMILES string of the molecule is O=C1c2ccncc2C(=O)n2c1nc1ccccc12. The van der Waals surface area contributed by atoms with Gasteiger partial charge in [-0.1, -0.05) is 12.1 Å². The lowest BCUT2D eigenvalue weighted by Gasteiger charge is -2.15. The summed E-state index contributed by atoms with van der Waals surface area (Å²) in [7, 11) is 0. The van der Waals surface area contributed by atoms with Gasteiger partial charge in [0.05, 0.1) is 16.6 Å². The molecular formula is C14H7N3O2. The van der Waals surface area contributed by atoms with Crippen LogP contribution >= 0.6 is 0 Å². The molecule has 0 saturated heterocycles. The van der Waals surface area contributed by atoms with E-state index in [2.05, 4.69) is 9.97 Å². The van der Waals surface area contributed by atoms with Crippen LogP contribution in [0.2, 0.25) is 0 Å². The van der Waals surface area contributed by atoms with Gasteiger partial charge in [0, 0.05) is 18.0 Å². The van der Waals surface area contributed by atoms with Crippen LogP contribution in [-0.2, 0) is 0 Å². The van der Waals surface area contributed by atoms with Crippen molar-refractivity contribution in [2.24, 2.45) is 0 Å². The van der Waals surface area contributed by atoms with Crippen molar-refractivity contribution >= 4 is 22.7 Å². The van der Waals surface area contributed by atoms with Crippen LogP contribution in [0, 0.1) is 0 Å². The number of hydrogen-bond acceptors (Lipinski definition) is 4. The fourth-order valence-corrected chi connectivity index (χ4v) is 2.39. The van der Waals surface area contributed by atoms with Crippen molar-refractivity contribution in [3.8, 4) is 0 Å². The number of rotatable bonds is 0. The third kappa shape index (κ3) is 1.18. The van der Waals surface area contributed by atoms with E-state index >= 15 is 0 Å². The number of carbonyl (C=O) groups excluding carboxylic acids is 2. The first-order chi connectivity index (χ1) is 9.27. The second kappa shape index (κ2) is 3.35. The summed E-state index contributed by atoms with van der Waals surface area (Å²) in [6, 6.07) is 8.75. The highest BCUT2D eigenvalue weighted by Crippen LogP contribution is 2.25. The number of para-hydroxylation sites is 2. The molecule has 0 amide bonds. The predicted molar refractivity (Wildman–Crippen MR) is 67.1 cm³/mol. The summed E-state index contributed by atoms with van der Waals surface area (Å²) in [6.45, 7) is 0. The van der Waals surface area contributed by atoms with Gasteiger partial charge in [0.2, 0.25) is 5.78 Å². The first-order valence-corrected chi connectivity index (χ1v) is 5.78. The number of imidazole rings is 1. The Kier molecular flexibility index (Phi) is 1.79. The fraction of sp³-hybridized carbons (Fsp3) is 0. The van der Waals surface area contributed by atoms with Crippen LogP contribution in [0.25, 0.3) is 11.0 Å². The zero-order valence-electron chi connectivity index (χ0n) is 9.70. The first-order valence-electron chi connectivity index (χ1n) is 5.78. The van der Waals surface area contributed by atoms with Gasteiger partial charge in [-0.2, -0.15) is 0 Å². The van der Waals surface area contributed by atoms with Crippen molar-refractivity contribution in [2.45, 2.75) is 0 Å². The van der Waals surface area contributed by atoms with Crippen LogP contribution in [0.1, 0.15) is 26.5 Å². The maximum Gasteiger partial charge on any atom is 0.266 e. The minimum Gasteiger partial charge on any atom is -0.285 e. The number of carbonyl (C=O) groups is 2. The molecule has 3 heterocycles. The van der Waals surface area contributed by atoms with Crippen molar-refractivity contribution in [2.75, 3.05) is 0 Å². The number of fused-ring (bicyclic) bond motifs is 4. The van der Waals surface area contributed by atoms with E-state index in [0.717, 1.165) is 0 Å². The van der Waals surface area contributed by atoms with Crippen molar-refractivity contribution < 1.29 is 9.59 Å². The van der Waals surface area contributed by atoms with E-state index < -0.39 is 0 Å². The summed E-state index contributed by atoms with van der Waals surface area (Å²) in [5.74, 6) is -0.329. The molecule has 0 saturated carbocycles. The molecule has 90 valence electrons. The summed E-state index contributed by atoms with van der Waals surface area (Å²) in [5.41, 5.74) is 1.97. The Balaban J connectivity index is 2.14. The molecular weight excluding hydrogens is 242 g/mol. The maximum absolute atomic E-state index is 12.5. The van der Waals surface area contributed by atoms with E-state index in [0.29, 0.717) is 22.2 Å². The Bertz CT molecular complexity index is 864. The first kappa shape index (κ1) is 10.1. The van der Waals surface area contributed by atoms with Gasteiger partial charge in [0.25, 0.3) is 5.91 Å². The molecule has 1 aromatic carbocycles. The van der Waals surface area contributed by atoms with Crippen LogP contribution in [-0.4, -0.2) is 26.2 Å². The molecule has 2 aromatic heterocycles. The van der Waals surface area contributed by atoms with Gasteiger partial charge in [0.15, 0.2) is 5.82 Å².